The van der Waals surface area contributed by atoms with E-state index in [1.807, 2.05) is 25.2 Å². The molecule has 2 heterocycles. The van der Waals surface area contributed by atoms with Gasteiger partial charge in [-0.15, -0.1) is 0 Å². The molecule has 0 saturated carbocycles. The van der Waals surface area contributed by atoms with E-state index in [1.54, 1.807) is 9.80 Å². The van der Waals surface area contributed by atoms with Crippen LogP contribution in [0.2, 0.25) is 0 Å². The summed E-state index contributed by atoms with van der Waals surface area (Å²) in [6.45, 7) is 1.60. The molecule has 172 valence electrons. The summed E-state index contributed by atoms with van der Waals surface area (Å²) < 4.78 is 30.6. The third-order valence-corrected chi connectivity index (χ3v) is 7.06. The standard InChI is InChI=1S/C22H33N3O5S/c1-24-17-22(11-13-25(14-12-22)20(26)15-23-31(2,28)29)10-6-5-8-18-7-3-4-9-19(18)30-16-21(24)27/h3-4,7,9,23H,5-6,8,10-17H2,1-2H3. The zero-order valence-electron chi connectivity index (χ0n) is 18.4. The molecule has 1 fully saturated rings. The first-order valence-electron chi connectivity index (χ1n) is 10.8. The second-order valence-electron chi connectivity index (χ2n) is 8.83. The van der Waals surface area contributed by atoms with Crippen molar-refractivity contribution in [3.63, 3.8) is 0 Å². The number of nitrogens with one attached hydrogen (secondary N) is 1. The molecule has 1 aromatic carbocycles. The van der Waals surface area contributed by atoms with Gasteiger partial charge in [0.2, 0.25) is 15.9 Å². The summed E-state index contributed by atoms with van der Waals surface area (Å²) in [7, 11) is -1.58. The Morgan fingerprint density at radius 3 is 2.58 bits per heavy atom. The highest BCUT2D eigenvalue weighted by atomic mass is 32.2. The molecule has 0 aliphatic carbocycles. The smallest absolute Gasteiger partial charge is 0.260 e. The van der Waals surface area contributed by atoms with Crippen LogP contribution in [0.4, 0.5) is 0 Å². The maximum absolute atomic E-state index is 12.7. The van der Waals surface area contributed by atoms with E-state index in [4.69, 9.17) is 4.74 Å². The van der Waals surface area contributed by atoms with Crippen molar-refractivity contribution in [2.75, 3.05) is 46.1 Å². The van der Waals surface area contributed by atoms with Crippen LogP contribution in [0.1, 0.15) is 37.7 Å². The Hall–Kier alpha value is -2.13. The molecular weight excluding hydrogens is 418 g/mol. The van der Waals surface area contributed by atoms with Crippen LogP contribution < -0.4 is 9.46 Å². The molecule has 1 saturated heterocycles. The third-order valence-electron chi connectivity index (χ3n) is 6.39. The van der Waals surface area contributed by atoms with Crippen molar-refractivity contribution in [1.29, 1.82) is 0 Å². The van der Waals surface area contributed by atoms with E-state index in [-0.39, 0.29) is 30.4 Å². The second-order valence-corrected chi connectivity index (χ2v) is 10.7. The van der Waals surface area contributed by atoms with Crippen molar-refractivity contribution in [1.82, 2.24) is 14.5 Å². The number of nitrogens with zero attached hydrogens (tertiary/aromatic N) is 2. The first kappa shape index (κ1) is 23.5. The van der Waals surface area contributed by atoms with Gasteiger partial charge >= 0.3 is 0 Å². The number of carbonyl (C=O) groups is 2. The zero-order valence-corrected chi connectivity index (χ0v) is 19.2. The number of rotatable bonds is 3. The Morgan fingerprint density at radius 1 is 1.16 bits per heavy atom. The number of ether oxygens (including phenoxy) is 1. The predicted molar refractivity (Wildman–Crippen MR) is 118 cm³/mol. The number of hydrogen-bond acceptors (Lipinski definition) is 5. The van der Waals surface area contributed by atoms with Gasteiger partial charge in [-0.25, -0.2) is 13.1 Å². The molecule has 1 spiro atoms. The van der Waals surface area contributed by atoms with Crippen molar-refractivity contribution in [3.8, 4) is 5.75 Å². The average molecular weight is 452 g/mol. The fourth-order valence-corrected chi connectivity index (χ4v) is 4.92. The van der Waals surface area contributed by atoms with Gasteiger partial charge in [0.05, 0.1) is 12.8 Å². The molecular formula is C22H33N3O5S. The minimum atomic E-state index is -3.40. The van der Waals surface area contributed by atoms with Crippen molar-refractivity contribution < 1.29 is 22.7 Å². The monoisotopic (exact) mass is 451 g/mol. The number of likely N-dealkylation sites (N-methyl/N-ethyl adjacent to an activating group) is 1. The van der Waals surface area contributed by atoms with Crippen LogP contribution >= 0.6 is 0 Å². The summed E-state index contributed by atoms with van der Waals surface area (Å²) in [5.74, 6) is 0.530. The van der Waals surface area contributed by atoms with E-state index in [2.05, 4.69) is 10.8 Å². The van der Waals surface area contributed by atoms with E-state index < -0.39 is 10.0 Å². The van der Waals surface area contributed by atoms with Crippen LogP contribution in [0.25, 0.3) is 0 Å². The number of para-hydroxylation sites is 1. The van der Waals surface area contributed by atoms with E-state index in [0.717, 1.165) is 56.1 Å². The highest BCUT2D eigenvalue weighted by molar-refractivity contribution is 7.88. The number of fused-ring (bicyclic) bond motifs is 1. The van der Waals surface area contributed by atoms with E-state index >= 15 is 0 Å². The van der Waals surface area contributed by atoms with Gasteiger partial charge in [-0.1, -0.05) is 24.6 Å². The van der Waals surface area contributed by atoms with Gasteiger partial charge < -0.3 is 14.5 Å². The topological polar surface area (TPSA) is 96.0 Å². The Morgan fingerprint density at radius 2 is 1.87 bits per heavy atom. The molecule has 0 aromatic heterocycles. The lowest BCUT2D eigenvalue weighted by Crippen LogP contribution is -2.50. The zero-order chi connectivity index (χ0) is 22.5. The van der Waals surface area contributed by atoms with Crippen LogP contribution in [-0.2, 0) is 26.0 Å². The summed E-state index contributed by atoms with van der Waals surface area (Å²) >= 11 is 0. The van der Waals surface area contributed by atoms with Gasteiger partial charge in [-0.2, -0.15) is 0 Å². The number of aryl methyl sites for hydroxylation is 1. The maximum Gasteiger partial charge on any atom is 0.260 e. The minimum absolute atomic E-state index is 0.0192. The van der Waals surface area contributed by atoms with Crippen LogP contribution in [-0.4, -0.2) is 76.1 Å². The van der Waals surface area contributed by atoms with Crippen LogP contribution in [0.5, 0.6) is 5.75 Å². The highest BCUT2D eigenvalue weighted by Gasteiger charge is 2.37. The molecule has 0 radical (unpaired) electrons. The molecule has 8 nitrogen and oxygen atoms in total. The van der Waals surface area contributed by atoms with E-state index in [1.165, 1.54) is 0 Å². The van der Waals surface area contributed by atoms with Gasteiger partial charge in [0.15, 0.2) is 6.61 Å². The van der Waals surface area contributed by atoms with Crippen LogP contribution in [0.3, 0.4) is 0 Å². The predicted octanol–water partition coefficient (Wildman–Crippen LogP) is 1.41. The average Bonchev–Trinajstić information content (AvgIpc) is 2.73. The lowest BCUT2D eigenvalue weighted by molar-refractivity contribution is -0.137. The summed E-state index contributed by atoms with van der Waals surface area (Å²) in [6, 6.07) is 7.89. The first-order chi connectivity index (χ1) is 14.7. The van der Waals surface area contributed by atoms with Crippen molar-refractivity contribution in [2.24, 2.45) is 5.41 Å². The van der Waals surface area contributed by atoms with E-state index in [9.17, 15) is 18.0 Å². The molecule has 1 aromatic rings. The van der Waals surface area contributed by atoms with Crippen molar-refractivity contribution in [2.45, 2.75) is 38.5 Å². The van der Waals surface area contributed by atoms with Crippen molar-refractivity contribution in [3.05, 3.63) is 29.8 Å². The molecule has 2 amide bonds. The third kappa shape index (κ3) is 6.67. The van der Waals surface area contributed by atoms with Gasteiger partial charge in [0.25, 0.3) is 5.91 Å². The molecule has 2 aliphatic heterocycles. The fraction of sp³-hybridized carbons (Fsp3) is 0.636. The highest BCUT2D eigenvalue weighted by Crippen LogP contribution is 2.38. The molecule has 3 rings (SSSR count). The molecule has 31 heavy (non-hydrogen) atoms. The number of carbonyl (C=O) groups excluding carboxylic acids is 2. The molecule has 9 heteroatoms. The van der Waals surface area contributed by atoms with Gasteiger partial charge in [0, 0.05) is 26.7 Å². The maximum atomic E-state index is 12.7. The minimum Gasteiger partial charge on any atom is -0.483 e. The lowest BCUT2D eigenvalue weighted by atomic mass is 9.73. The molecule has 1 N–H and O–H groups in total. The Bertz CT molecular complexity index is 894. The summed E-state index contributed by atoms with van der Waals surface area (Å²) in [4.78, 5) is 28.5. The largest absolute Gasteiger partial charge is 0.483 e. The molecule has 0 bridgehead atoms. The Labute approximate surface area is 185 Å². The van der Waals surface area contributed by atoms with Crippen molar-refractivity contribution >= 4 is 21.8 Å². The van der Waals surface area contributed by atoms with Crippen LogP contribution in [0.15, 0.2) is 24.3 Å². The lowest BCUT2D eigenvalue weighted by Gasteiger charge is -2.44. The Balaban J connectivity index is 1.65. The molecule has 0 atom stereocenters. The van der Waals surface area contributed by atoms with Gasteiger partial charge in [-0.3, -0.25) is 9.59 Å². The number of piperidine rings is 1. The fourth-order valence-electron chi connectivity index (χ4n) is 4.53. The first-order valence-corrected chi connectivity index (χ1v) is 12.7. The van der Waals surface area contributed by atoms with E-state index in [0.29, 0.717) is 19.6 Å². The quantitative estimate of drug-likeness (QED) is 0.750. The number of sulfonamides is 1. The number of amides is 2. The number of benzene rings is 1. The SMILES string of the molecule is CN1CC2(CCCCc3ccccc3OCC1=O)CCN(C(=O)CNS(C)(=O)=O)CC2. The van der Waals surface area contributed by atoms with Crippen LogP contribution in [0, 0.1) is 5.41 Å². The summed E-state index contributed by atoms with van der Waals surface area (Å²) in [5.41, 5.74) is 1.09. The summed E-state index contributed by atoms with van der Waals surface area (Å²) in [5, 5.41) is 0. The van der Waals surface area contributed by atoms with Gasteiger partial charge in [0.1, 0.15) is 5.75 Å². The normalized spacial score (nSPS) is 20.4. The number of hydrogen-bond donors (Lipinski definition) is 1. The molecule has 0 unspecified atom stereocenters. The van der Waals surface area contributed by atoms with Gasteiger partial charge in [-0.05, 0) is 49.1 Å². The molecule has 2 aliphatic rings. The summed E-state index contributed by atoms with van der Waals surface area (Å²) in [6.07, 6.45) is 6.64. The Kier molecular flexibility index (Phi) is 7.59. The second kappa shape index (κ2) is 9.99. The number of likely N-dealkylation sites (tertiary alicyclic amines) is 1.